The van der Waals surface area contributed by atoms with E-state index >= 15 is 0 Å². The van der Waals surface area contributed by atoms with Crippen LogP contribution >= 0.6 is 0 Å². The topological polar surface area (TPSA) is 138 Å². The van der Waals surface area contributed by atoms with Gasteiger partial charge in [0.2, 0.25) is 0 Å². The summed E-state index contributed by atoms with van der Waals surface area (Å²) in [5.41, 5.74) is 1.63. The summed E-state index contributed by atoms with van der Waals surface area (Å²) in [6.45, 7) is 7.83. The third-order valence-corrected chi connectivity index (χ3v) is 9.15. The number of carbonyl (C=O) groups excluding carboxylic acids is 1. The molecule has 1 aliphatic heterocycles. The summed E-state index contributed by atoms with van der Waals surface area (Å²) in [5, 5.41) is 22.1. The smallest absolute Gasteiger partial charge is 0.410 e. The number of likely N-dealkylation sites (tertiary alicyclic amines) is 1. The Morgan fingerprint density at radius 2 is 1.57 bits per heavy atom. The number of benzene rings is 4. The third kappa shape index (κ3) is 12.3. The number of aliphatic hydroxyl groups excluding tert-OH is 1. The van der Waals surface area contributed by atoms with Crippen LogP contribution in [-0.2, 0) is 30.3 Å². The second-order valence-corrected chi connectivity index (χ2v) is 14.6. The molecular weight excluding hydrogens is 716 g/mol. The van der Waals surface area contributed by atoms with Crippen LogP contribution in [0.2, 0.25) is 0 Å². The predicted molar refractivity (Wildman–Crippen MR) is 211 cm³/mol. The maximum Gasteiger partial charge on any atom is 0.410 e. The van der Waals surface area contributed by atoms with Gasteiger partial charge in [-0.15, -0.1) is 0 Å². The molecule has 12 heteroatoms. The van der Waals surface area contributed by atoms with Crippen molar-refractivity contribution in [3.05, 3.63) is 102 Å². The standard InChI is InChI=1S/C44H54N2O10/c1-44(2,3)56-43(48)46-26-40(54-28-31-23-33-11-6-8-13-37(33)39(24-31)50-5)42(41(27-46)55-30-35(47)29-51-22-21-49-4)32-15-17-36(18-16-32)52-19-10-20-53-38-14-9-7-12-34(38)25-45/h6-9,11-18,23-24,35,40-42,47H,10,19-22,26-30H2,1-5H3/t35-,40-,41+,42+/m0/s1. The van der Waals surface area contributed by atoms with E-state index in [2.05, 4.69) is 12.1 Å². The van der Waals surface area contributed by atoms with Crippen molar-refractivity contribution in [2.45, 2.75) is 63.6 Å². The van der Waals surface area contributed by atoms with Crippen molar-refractivity contribution in [3.63, 3.8) is 0 Å². The number of ether oxygens (including phenoxy) is 8. The van der Waals surface area contributed by atoms with Crippen molar-refractivity contribution in [1.82, 2.24) is 4.90 Å². The summed E-state index contributed by atoms with van der Waals surface area (Å²) < 4.78 is 47.2. The Morgan fingerprint density at radius 1 is 0.857 bits per heavy atom. The van der Waals surface area contributed by atoms with Gasteiger partial charge >= 0.3 is 6.09 Å². The minimum atomic E-state index is -0.901. The summed E-state index contributed by atoms with van der Waals surface area (Å²) >= 11 is 0. The van der Waals surface area contributed by atoms with E-state index < -0.39 is 30.0 Å². The van der Waals surface area contributed by atoms with Gasteiger partial charge in [0.25, 0.3) is 0 Å². The molecule has 0 saturated carbocycles. The van der Waals surface area contributed by atoms with Gasteiger partial charge in [-0.1, -0.05) is 48.5 Å². The van der Waals surface area contributed by atoms with Crippen LogP contribution in [0.1, 0.15) is 49.8 Å². The summed E-state index contributed by atoms with van der Waals surface area (Å²) in [6.07, 6.45) is -1.84. The Morgan fingerprint density at radius 3 is 2.30 bits per heavy atom. The second-order valence-electron chi connectivity index (χ2n) is 14.6. The van der Waals surface area contributed by atoms with Crippen LogP contribution in [0.5, 0.6) is 17.2 Å². The number of hydrogen-bond acceptors (Lipinski definition) is 11. The molecule has 5 rings (SSSR count). The van der Waals surface area contributed by atoms with Gasteiger partial charge in [-0.2, -0.15) is 5.26 Å². The first-order valence-corrected chi connectivity index (χ1v) is 18.9. The van der Waals surface area contributed by atoms with Crippen LogP contribution in [0.4, 0.5) is 4.79 Å². The molecule has 1 fully saturated rings. The van der Waals surface area contributed by atoms with Gasteiger partial charge in [0.1, 0.15) is 35.0 Å². The molecule has 0 aromatic heterocycles. The maximum absolute atomic E-state index is 13.6. The zero-order valence-corrected chi connectivity index (χ0v) is 33.0. The number of nitrogens with zero attached hydrogens (tertiary/aromatic N) is 2. The molecule has 0 aliphatic carbocycles. The molecule has 1 heterocycles. The van der Waals surface area contributed by atoms with Crippen molar-refractivity contribution in [2.24, 2.45) is 0 Å². The van der Waals surface area contributed by atoms with Crippen LogP contribution in [0, 0.1) is 11.3 Å². The number of para-hydroxylation sites is 1. The Labute approximate surface area is 329 Å². The van der Waals surface area contributed by atoms with E-state index in [1.165, 1.54) is 0 Å². The molecule has 0 spiro atoms. The normalized spacial score (nSPS) is 17.6. The first-order chi connectivity index (χ1) is 27.1. The van der Waals surface area contributed by atoms with E-state index in [4.69, 9.17) is 37.9 Å². The molecule has 56 heavy (non-hydrogen) atoms. The molecule has 4 aromatic rings. The van der Waals surface area contributed by atoms with Crippen LogP contribution in [-0.4, -0.2) is 107 Å². The number of rotatable bonds is 19. The summed E-state index contributed by atoms with van der Waals surface area (Å²) in [4.78, 5) is 15.2. The van der Waals surface area contributed by atoms with E-state index in [1.807, 2.05) is 81.4 Å². The number of nitriles is 1. The molecule has 0 radical (unpaired) electrons. The predicted octanol–water partition coefficient (Wildman–Crippen LogP) is 6.90. The Hall–Kier alpha value is -4.90. The zero-order chi connectivity index (χ0) is 39.9. The molecule has 1 saturated heterocycles. The molecule has 12 nitrogen and oxygen atoms in total. The third-order valence-electron chi connectivity index (χ3n) is 9.15. The summed E-state index contributed by atoms with van der Waals surface area (Å²) in [5.74, 6) is 1.64. The molecule has 300 valence electrons. The number of piperidine rings is 1. The second kappa shape index (κ2) is 20.9. The maximum atomic E-state index is 13.6. The minimum Gasteiger partial charge on any atom is -0.496 e. The highest BCUT2D eigenvalue weighted by molar-refractivity contribution is 5.89. The van der Waals surface area contributed by atoms with Crippen LogP contribution < -0.4 is 14.2 Å². The van der Waals surface area contributed by atoms with Gasteiger partial charge in [0, 0.05) is 24.8 Å². The van der Waals surface area contributed by atoms with Crippen molar-refractivity contribution in [2.75, 3.05) is 67.0 Å². The van der Waals surface area contributed by atoms with E-state index in [9.17, 15) is 15.2 Å². The lowest BCUT2D eigenvalue weighted by molar-refractivity contribution is -0.114. The van der Waals surface area contributed by atoms with E-state index in [0.29, 0.717) is 49.9 Å². The largest absolute Gasteiger partial charge is 0.496 e. The van der Waals surface area contributed by atoms with Gasteiger partial charge in [0.05, 0.1) is 84.2 Å². The summed E-state index contributed by atoms with van der Waals surface area (Å²) in [7, 11) is 3.24. The highest BCUT2D eigenvalue weighted by Crippen LogP contribution is 2.36. The fraction of sp³-hybridized carbons (Fsp3) is 0.455. The molecule has 1 aliphatic rings. The average molecular weight is 771 g/mol. The van der Waals surface area contributed by atoms with Gasteiger partial charge in [-0.05, 0) is 73.7 Å². The van der Waals surface area contributed by atoms with Crippen molar-refractivity contribution < 1.29 is 47.8 Å². The molecule has 0 unspecified atom stereocenters. The monoisotopic (exact) mass is 770 g/mol. The highest BCUT2D eigenvalue weighted by atomic mass is 16.6. The molecule has 1 amide bonds. The first-order valence-electron chi connectivity index (χ1n) is 18.9. The Kier molecular flexibility index (Phi) is 15.7. The lowest BCUT2D eigenvalue weighted by atomic mass is 9.84. The van der Waals surface area contributed by atoms with Crippen LogP contribution in [0.25, 0.3) is 10.8 Å². The average Bonchev–Trinajstić information content (AvgIpc) is 3.20. The van der Waals surface area contributed by atoms with E-state index in [1.54, 1.807) is 37.3 Å². The fourth-order valence-corrected chi connectivity index (χ4v) is 6.53. The Bertz CT molecular complexity index is 1870. The van der Waals surface area contributed by atoms with Crippen molar-refractivity contribution in [1.29, 1.82) is 5.26 Å². The molecule has 0 bridgehead atoms. The lowest BCUT2D eigenvalue weighted by Crippen LogP contribution is -2.55. The van der Waals surface area contributed by atoms with Gasteiger partial charge in [0.15, 0.2) is 0 Å². The minimum absolute atomic E-state index is 0.0208. The Balaban J connectivity index is 1.35. The molecule has 4 aromatic carbocycles. The lowest BCUT2D eigenvalue weighted by Gasteiger charge is -2.44. The fourth-order valence-electron chi connectivity index (χ4n) is 6.53. The van der Waals surface area contributed by atoms with E-state index in [-0.39, 0.29) is 38.8 Å². The number of aliphatic hydroxyl groups is 1. The molecule has 4 atom stereocenters. The number of hydrogen-bond donors (Lipinski definition) is 1. The molecule has 1 N–H and O–H groups in total. The van der Waals surface area contributed by atoms with Crippen LogP contribution in [0.15, 0.2) is 84.9 Å². The van der Waals surface area contributed by atoms with E-state index in [0.717, 1.165) is 27.6 Å². The van der Waals surface area contributed by atoms with Crippen LogP contribution in [0.3, 0.4) is 0 Å². The SMILES string of the molecule is COCCOC[C@H](O)CO[C@@H]1CN(C(=O)OC(C)(C)C)C[C@H](OCc2cc(OC)c3ccccc3c2)[C@H]1c1ccc(OCCCOc2ccccc2C#N)cc1. The van der Waals surface area contributed by atoms with Crippen molar-refractivity contribution >= 4 is 16.9 Å². The number of amides is 1. The number of fused-ring (bicyclic) bond motifs is 1. The number of methoxy groups -OCH3 is 2. The van der Waals surface area contributed by atoms with Crippen molar-refractivity contribution in [3.8, 4) is 23.3 Å². The van der Waals surface area contributed by atoms with Gasteiger partial charge in [-0.25, -0.2) is 4.79 Å². The number of carbonyl (C=O) groups is 1. The first kappa shape index (κ1) is 42.2. The van der Waals surface area contributed by atoms with Gasteiger partial charge in [-0.3, -0.25) is 0 Å². The quantitative estimate of drug-likeness (QED) is 0.0998. The zero-order valence-electron chi connectivity index (χ0n) is 33.0. The highest BCUT2D eigenvalue weighted by Gasteiger charge is 2.42. The molecular formula is C44H54N2O10. The summed E-state index contributed by atoms with van der Waals surface area (Å²) in [6, 6.07) is 29.1. The van der Waals surface area contributed by atoms with Gasteiger partial charge < -0.3 is 47.9 Å².